The molecular weight excluding hydrogens is 305 g/mol. The second-order valence-corrected chi connectivity index (χ2v) is 3.95. The standard InChI is InChI=1S/C13H7F3N2O4/c14-13(15,16)7-3-1-2-4-9(7)22-12(21)8-5-6-17-10(18-8)11(19)20/h1-6H,(H,19,20). The van der Waals surface area contributed by atoms with E-state index >= 15 is 0 Å². The van der Waals surface area contributed by atoms with E-state index in [4.69, 9.17) is 5.11 Å². The van der Waals surface area contributed by atoms with Gasteiger partial charge in [-0.1, -0.05) is 12.1 Å². The normalized spacial score (nSPS) is 11.0. The Labute approximate surface area is 121 Å². The zero-order chi connectivity index (χ0) is 16.3. The van der Waals surface area contributed by atoms with Crippen molar-refractivity contribution in [2.24, 2.45) is 0 Å². The molecule has 2 aromatic rings. The lowest BCUT2D eigenvalue weighted by atomic mass is 10.2. The number of aromatic nitrogens is 2. The number of nitrogens with zero attached hydrogens (tertiary/aromatic N) is 2. The van der Waals surface area contributed by atoms with Gasteiger partial charge in [-0.15, -0.1) is 0 Å². The molecule has 1 N–H and O–H groups in total. The molecule has 0 aliphatic rings. The zero-order valence-corrected chi connectivity index (χ0v) is 10.7. The molecule has 0 aliphatic heterocycles. The summed E-state index contributed by atoms with van der Waals surface area (Å²) in [5.74, 6) is -4.07. The zero-order valence-electron chi connectivity index (χ0n) is 10.7. The van der Waals surface area contributed by atoms with Gasteiger partial charge in [-0.05, 0) is 18.2 Å². The first kappa shape index (κ1) is 15.4. The van der Waals surface area contributed by atoms with Gasteiger partial charge in [0.25, 0.3) is 0 Å². The highest BCUT2D eigenvalue weighted by Gasteiger charge is 2.34. The summed E-state index contributed by atoms with van der Waals surface area (Å²) in [7, 11) is 0. The van der Waals surface area contributed by atoms with E-state index in [1.54, 1.807) is 0 Å². The van der Waals surface area contributed by atoms with Gasteiger partial charge in [-0.2, -0.15) is 13.2 Å². The van der Waals surface area contributed by atoms with Crippen LogP contribution < -0.4 is 4.74 Å². The molecule has 0 fully saturated rings. The third kappa shape index (κ3) is 3.37. The summed E-state index contributed by atoms with van der Waals surface area (Å²) in [5, 5.41) is 8.71. The lowest BCUT2D eigenvalue weighted by molar-refractivity contribution is -0.138. The highest BCUT2D eigenvalue weighted by Crippen LogP contribution is 2.36. The van der Waals surface area contributed by atoms with Gasteiger partial charge in [-0.25, -0.2) is 19.6 Å². The number of carboxylic acid groups (broad SMARTS) is 1. The summed E-state index contributed by atoms with van der Waals surface area (Å²) in [6.45, 7) is 0. The largest absolute Gasteiger partial charge is 0.475 e. The molecule has 0 amide bonds. The van der Waals surface area contributed by atoms with Crippen molar-refractivity contribution in [2.45, 2.75) is 6.18 Å². The first-order valence-electron chi connectivity index (χ1n) is 5.74. The van der Waals surface area contributed by atoms with E-state index in [9.17, 15) is 22.8 Å². The van der Waals surface area contributed by atoms with Crippen LogP contribution in [0.15, 0.2) is 36.5 Å². The maximum Gasteiger partial charge on any atom is 0.419 e. The Morgan fingerprint density at radius 1 is 1.14 bits per heavy atom. The predicted molar refractivity (Wildman–Crippen MR) is 65.4 cm³/mol. The maximum atomic E-state index is 12.8. The summed E-state index contributed by atoms with van der Waals surface area (Å²) >= 11 is 0. The van der Waals surface area contributed by atoms with E-state index in [0.717, 1.165) is 30.5 Å². The number of aromatic carboxylic acids is 1. The molecule has 22 heavy (non-hydrogen) atoms. The van der Waals surface area contributed by atoms with Crippen molar-refractivity contribution in [3.8, 4) is 5.75 Å². The number of para-hydroxylation sites is 1. The molecule has 1 aromatic carbocycles. The summed E-state index contributed by atoms with van der Waals surface area (Å²) in [5.41, 5.74) is -1.60. The van der Waals surface area contributed by atoms with Crippen LogP contribution in [-0.4, -0.2) is 27.0 Å². The minimum Gasteiger partial charge on any atom is -0.475 e. The second-order valence-electron chi connectivity index (χ2n) is 3.95. The molecule has 114 valence electrons. The Morgan fingerprint density at radius 3 is 2.45 bits per heavy atom. The van der Waals surface area contributed by atoms with Crippen LogP contribution in [0.25, 0.3) is 0 Å². The van der Waals surface area contributed by atoms with Crippen LogP contribution in [0, 0.1) is 0 Å². The van der Waals surface area contributed by atoms with Gasteiger partial charge in [0.1, 0.15) is 5.75 Å². The number of hydrogen-bond acceptors (Lipinski definition) is 5. The number of ether oxygens (including phenoxy) is 1. The molecule has 0 atom stereocenters. The fourth-order valence-corrected chi connectivity index (χ4v) is 1.52. The monoisotopic (exact) mass is 312 g/mol. The number of alkyl halides is 3. The number of esters is 1. The summed E-state index contributed by atoms with van der Waals surface area (Å²) < 4.78 is 43.0. The Bertz CT molecular complexity index is 731. The lowest BCUT2D eigenvalue weighted by Gasteiger charge is -2.12. The summed E-state index contributed by atoms with van der Waals surface area (Å²) in [4.78, 5) is 29.3. The van der Waals surface area contributed by atoms with Gasteiger partial charge in [0.2, 0.25) is 5.82 Å². The SMILES string of the molecule is O=C(Oc1ccccc1C(F)(F)F)c1ccnc(C(=O)O)n1. The molecule has 1 aromatic heterocycles. The van der Waals surface area contributed by atoms with E-state index in [1.165, 1.54) is 6.07 Å². The molecule has 0 spiro atoms. The Hall–Kier alpha value is -2.97. The predicted octanol–water partition coefficient (Wildman–Crippen LogP) is 2.41. The van der Waals surface area contributed by atoms with E-state index < -0.39 is 40.9 Å². The number of halogens is 3. The van der Waals surface area contributed by atoms with Crippen molar-refractivity contribution in [1.82, 2.24) is 9.97 Å². The minimum absolute atomic E-state index is 0.468. The summed E-state index contributed by atoms with van der Waals surface area (Å²) in [6, 6.07) is 5.17. The third-order valence-corrected chi connectivity index (χ3v) is 2.45. The van der Waals surface area contributed by atoms with E-state index in [0.29, 0.717) is 0 Å². The molecule has 0 radical (unpaired) electrons. The molecule has 0 saturated heterocycles. The Morgan fingerprint density at radius 2 is 1.82 bits per heavy atom. The average molecular weight is 312 g/mol. The molecule has 2 rings (SSSR count). The van der Waals surface area contributed by atoms with Crippen LogP contribution >= 0.6 is 0 Å². The van der Waals surface area contributed by atoms with Crippen LogP contribution in [0.5, 0.6) is 5.75 Å². The molecule has 0 unspecified atom stereocenters. The fraction of sp³-hybridized carbons (Fsp3) is 0.0769. The smallest absolute Gasteiger partial charge is 0.419 e. The molecule has 9 heteroatoms. The minimum atomic E-state index is -4.70. The topological polar surface area (TPSA) is 89.4 Å². The number of benzene rings is 1. The molecular formula is C13H7F3N2O4. The van der Waals surface area contributed by atoms with Crippen LogP contribution in [0.4, 0.5) is 13.2 Å². The van der Waals surface area contributed by atoms with Crippen molar-refractivity contribution in [2.75, 3.05) is 0 Å². The maximum absolute atomic E-state index is 12.8. The van der Waals surface area contributed by atoms with Gasteiger partial charge in [0.05, 0.1) is 5.56 Å². The van der Waals surface area contributed by atoms with E-state index in [-0.39, 0.29) is 0 Å². The van der Waals surface area contributed by atoms with Crippen LogP contribution in [0.1, 0.15) is 26.7 Å². The first-order chi connectivity index (χ1) is 10.3. The van der Waals surface area contributed by atoms with Crippen molar-refractivity contribution < 1.29 is 32.6 Å². The Balaban J connectivity index is 2.30. The van der Waals surface area contributed by atoms with Crippen molar-refractivity contribution in [1.29, 1.82) is 0 Å². The number of carbonyl (C=O) groups excluding carboxylic acids is 1. The lowest BCUT2D eigenvalue weighted by Crippen LogP contribution is -2.16. The van der Waals surface area contributed by atoms with Gasteiger partial charge in [-0.3, -0.25) is 0 Å². The number of carboxylic acids is 1. The van der Waals surface area contributed by atoms with Gasteiger partial charge < -0.3 is 9.84 Å². The van der Waals surface area contributed by atoms with Crippen molar-refractivity contribution >= 4 is 11.9 Å². The van der Waals surface area contributed by atoms with Crippen LogP contribution in [-0.2, 0) is 6.18 Å². The number of rotatable bonds is 3. The molecule has 0 aliphatic carbocycles. The van der Waals surface area contributed by atoms with Gasteiger partial charge in [0, 0.05) is 6.20 Å². The van der Waals surface area contributed by atoms with Gasteiger partial charge in [0.15, 0.2) is 5.69 Å². The molecule has 0 saturated carbocycles. The van der Waals surface area contributed by atoms with Crippen LogP contribution in [0.3, 0.4) is 0 Å². The first-order valence-corrected chi connectivity index (χ1v) is 5.74. The highest BCUT2D eigenvalue weighted by atomic mass is 19.4. The van der Waals surface area contributed by atoms with E-state index in [2.05, 4.69) is 14.7 Å². The van der Waals surface area contributed by atoms with E-state index in [1.807, 2.05) is 0 Å². The second kappa shape index (κ2) is 5.80. The highest BCUT2D eigenvalue weighted by molar-refractivity contribution is 5.91. The third-order valence-electron chi connectivity index (χ3n) is 2.45. The van der Waals surface area contributed by atoms with Crippen molar-refractivity contribution in [3.05, 3.63) is 53.6 Å². The quantitative estimate of drug-likeness (QED) is 0.691. The molecule has 1 heterocycles. The fourth-order valence-electron chi connectivity index (χ4n) is 1.52. The molecule has 6 nitrogen and oxygen atoms in total. The Kier molecular flexibility index (Phi) is 4.06. The van der Waals surface area contributed by atoms with Crippen LogP contribution in [0.2, 0.25) is 0 Å². The number of carbonyl (C=O) groups is 2. The number of hydrogen-bond donors (Lipinski definition) is 1. The van der Waals surface area contributed by atoms with Gasteiger partial charge >= 0.3 is 18.1 Å². The molecule has 0 bridgehead atoms. The van der Waals surface area contributed by atoms with Crippen molar-refractivity contribution in [3.63, 3.8) is 0 Å². The summed E-state index contributed by atoms with van der Waals surface area (Å²) in [6.07, 6.45) is -3.71. The average Bonchev–Trinajstić information content (AvgIpc) is 2.46.